The first-order valence-corrected chi connectivity index (χ1v) is 10.3. The molecule has 1 aliphatic heterocycles. The number of anilines is 1. The highest BCUT2D eigenvalue weighted by Crippen LogP contribution is 2.38. The average Bonchev–Trinajstić information content (AvgIpc) is 2.95. The molecule has 2 N–H and O–H groups in total. The van der Waals surface area contributed by atoms with Gasteiger partial charge in [0, 0.05) is 5.69 Å². The maximum absolute atomic E-state index is 12.7. The van der Waals surface area contributed by atoms with Crippen molar-refractivity contribution in [1.82, 2.24) is 4.90 Å². The summed E-state index contributed by atoms with van der Waals surface area (Å²) in [4.78, 5) is 38.3. The summed E-state index contributed by atoms with van der Waals surface area (Å²) in [5, 5.41) is 12.2. The number of nitrogens with zero attached hydrogens (tertiary/aromatic N) is 1. The van der Waals surface area contributed by atoms with Crippen molar-refractivity contribution in [3.8, 4) is 11.5 Å². The van der Waals surface area contributed by atoms with E-state index in [4.69, 9.17) is 16.3 Å². The van der Waals surface area contributed by atoms with E-state index < -0.39 is 23.6 Å². The Kier molecular flexibility index (Phi) is 6.69. The molecule has 2 aromatic carbocycles. The average molecular weight is 447 g/mol. The molecule has 3 rings (SSSR count). The molecular weight excluding hydrogens is 428 g/mol. The van der Waals surface area contributed by atoms with E-state index in [-0.39, 0.29) is 21.4 Å². The Morgan fingerprint density at radius 1 is 1.30 bits per heavy atom. The molecule has 1 aliphatic rings. The first-order chi connectivity index (χ1) is 14.3. The quantitative estimate of drug-likeness (QED) is 0.637. The Morgan fingerprint density at radius 3 is 2.73 bits per heavy atom. The standard InChI is InChI=1S/C21H19ClN2O5S/c1-3-29-16-9-13(8-14(22)19(16)26)10-17-20(27)24(21(28)30-17)11-18(25)23-15-7-5-4-6-12(15)2/h4-10,26H,3,11H2,1-2H3,(H,23,25)/b17-10-. The maximum Gasteiger partial charge on any atom is 0.294 e. The van der Waals surface area contributed by atoms with E-state index >= 15 is 0 Å². The van der Waals surface area contributed by atoms with Gasteiger partial charge >= 0.3 is 0 Å². The van der Waals surface area contributed by atoms with Crippen molar-refractivity contribution in [3.05, 3.63) is 57.5 Å². The summed E-state index contributed by atoms with van der Waals surface area (Å²) in [5.41, 5.74) is 1.97. The van der Waals surface area contributed by atoms with Crippen LogP contribution in [0.2, 0.25) is 5.02 Å². The normalized spacial score (nSPS) is 15.0. The van der Waals surface area contributed by atoms with E-state index in [0.717, 1.165) is 22.2 Å². The van der Waals surface area contributed by atoms with Crippen LogP contribution in [0.15, 0.2) is 41.3 Å². The van der Waals surface area contributed by atoms with Gasteiger partial charge < -0.3 is 15.2 Å². The van der Waals surface area contributed by atoms with Gasteiger partial charge in [-0.05, 0) is 61.0 Å². The number of carbonyl (C=O) groups excluding carboxylic acids is 3. The lowest BCUT2D eigenvalue weighted by Crippen LogP contribution is -2.36. The summed E-state index contributed by atoms with van der Waals surface area (Å²) in [5.74, 6) is -1.07. The number of phenols is 1. The number of hydrogen-bond donors (Lipinski definition) is 2. The predicted octanol–water partition coefficient (Wildman–Crippen LogP) is 4.43. The molecule has 156 valence electrons. The maximum atomic E-state index is 12.7. The highest BCUT2D eigenvalue weighted by atomic mass is 35.5. The SMILES string of the molecule is CCOc1cc(/C=C2\SC(=O)N(CC(=O)Nc3ccccc3C)C2=O)cc(Cl)c1O. The predicted molar refractivity (Wildman–Crippen MR) is 117 cm³/mol. The number of rotatable bonds is 6. The lowest BCUT2D eigenvalue weighted by atomic mass is 10.2. The summed E-state index contributed by atoms with van der Waals surface area (Å²) in [6.07, 6.45) is 1.47. The van der Waals surface area contributed by atoms with Crippen molar-refractivity contribution in [1.29, 1.82) is 0 Å². The second-order valence-corrected chi connectivity index (χ2v) is 7.81. The number of thioether (sulfide) groups is 1. The van der Waals surface area contributed by atoms with Crippen molar-refractivity contribution < 1.29 is 24.2 Å². The Labute approximate surface area is 182 Å². The Morgan fingerprint density at radius 2 is 2.03 bits per heavy atom. The largest absolute Gasteiger partial charge is 0.503 e. The van der Waals surface area contributed by atoms with E-state index in [1.54, 1.807) is 19.1 Å². The molecule has 7 nitrogen and oxygen atoms in total. The molecule has 30 heavy (non-hydrogen) atoms. The van der Waals surface area contributed by atoms with Crippen molar-refractivity contribution in [2.75, 3.05) is 18.5 Å². The molecule has 1 heterocycles. The van der Waals surface area contributed by atoms with Crippen LogP contribution in [0, 0.1) is 6.92 Å². The van der Waals surface area contributed by atoms with E-state index in [9.17, 15) is 19.5 Å². The van der Waals surface area contributed by atoms with Crippen molar-refractivity contribution in [2.24, 2.45) is 0 Å². The topological polar surface area (TPSA) is 95.9 Å². The van der Waals surface area contributed by atoms with Crippen LogP contribution in [0.1, 0.15) is 18.1 Å². The number of nitrogens with one attached hydrogen (secondary N) is 1. The molecule has 0 saturated carbocycles. The monoisotopic (exact) mass is 446 g/mol. The molecule has 1 saturated heterocycles. The minimum absolute atomic E-state index is 0.0593. The number of hydrogen-bond acceptors (Lipinski definition) is 6. The number of para-hydroxylation sites is 1. The van der Waals surface area contributed by atoms with Crippen molar-refractivity contribution in [2.45, 2.75) is 13.8 Å². The number of amides is 3. The van der Waals surface area contributed by atoms with Crippen LogP contribution in [-0.2, 0) is 9.59 Å². The second kappa shape index (κ2) is 9.23. The number of carbonyl (C=O) groups is 3. The number of aromatic hydroxyl groups is 1. The number of phenolic OH excluding ortho intramolecular Hbond substituents is 1. The van der Waals surface area contributed by atoms with Crippen LogP contribution in [0.5, 0.6) is 11.5 Å². The Bertz CT molecular complexity index is 1050. The highest BCUT2D eigenvalue weighted by molar-refractivity contribution is 8.18. The van der Waals surface area contributed by atoms with Crippen molar-refractivity contribution >= 4 is 52.2 Å². The summed E-state index contributed by atoms with van der Waals surface area (Å²) < 4.78 is 5.32. The summed E-state index contributed by atoms with van der Waals surface area (Å²) in [6.45, 7) is 3.53. The van der Waals surface area contributed by atoms with Gasteiger partial charge in [0.15, 0.2) is 11.5 Å². The number of ether oxygens (including phenoxy) is 1. The van der Waals surface area contributed by atoms with Crippen LogP contribution in [-0.4, -0.2) is 40.2 Å². The molecule has 0 atom stereocenters. The molecule has 1 fully saturated rings. The van der Waals surface area contributed by atoms with Crippen LogP contribution in [0.25, 0.3) is 6.08 Å². The van der Waals surface area contributed by atoms with Gasteiger partial charge in [0.1, 0.15) is 6.54 Å². The minimum Gasteiger partial charge on any atom is -0.503 e. The summed E-state index contributed by atoms with van der Waals surface area (Å²) >= 11 is 6.74. The second-order valence-electron chi connectivity index (χ2n) is 6.41. The van der Waals surface area contributed by atoms with Crippen molar-refractivity contribution in [3.63, 3.8) is 0 Å². The Balaban J connectivity index is 1.76. The third-order valence-electron chi connectivity index (χ3n) is 4.24. The first-order valence-electron chi connectivity index (χ1n) is 9.06. The van der Waals surface area contributed by atoms with E-state index in [0.29, 0.717) is 17.9 Å². The smallest absolute Gasteiger partial charge is 0.294 e. The third-order valence-corrected chi connectivity index (χ3v) is 5.44. The van der Waals surface area contributed by atoms with Gasteiger partial charge in [-0.2, -0.15) is 0 Å². The molecule has 0 aliphatic carbocycles. The number of imide groups is 1. The molecule has 0 bridgehead atoms. The molecule has 0 unspecified atom stereocenters. The molecular formula is C21H19ClN2O5S. The number of halogens is 1. The molecule has 0 radical (unpaired) electrons. The fraction of sp³-hybridized carbons (Fsp3) is 0.190. The van der Waals surface area contributed by atoms with Gasteiger partial charge in [-0.25, -0.2) is 0 Å². The summed E-state index contributed by atoms with van der Waals surface area (Å²) in [7, 11) is 0. The van der Waals surface area contributed by atoms with E-state index in [1.165, 1.54) is 18.2 Å². The molecule has 0 aromatic heterocycles. The lowest BCUT2D eigenvalue weighted by Gasteiger charge is -2.13. The van der Waals surface area contributed by atoms with E-state index in [2.05, 4.69) is 5.32 Å². The van der Waals surface area contributed by atoms with Crippen LogP contribution in [0.4, 0.5) is 10.5 Å². The zero-order valence-electron chi connectivity index (χ0n) is 16.3. The molecule has 0 spiro atoms. The van der Waals surface area contributed by atoms with Crippen LogP contribution < -0.4 is 10.1 Å². The minimum atomic E-state index is -0.577. The number of aryl methyl sites for hydroxylation is 1. The summed E-state index contributed by atoms with van der Waals surface area (Å²) in [6, 6.07) is 10.2. The Hall–Kier alpha value is -2.97. The van der Waals surface area contributed by atoms with Gasteiger partial charge in [0.2, 0.25) is 5.91 Å². The lowest BCUT2D eigenvalue weighted by molar-refractivity contribution is -0.127. The molecule has 2 aromatic rings. The van der Waals surface area contributed by atoms with Crippen LogP contribution in [0.3, 0.4) is 0 Å². The zero-order valence-corrected chi connectivity index (χ0v) is 17.8. The van der Waals surface area contributed by atoms with Gasteiger partial charge in [0.05, 0.1) is 16.5 Å². The highest BCUT2D eigenvalue weighted by Gasteiger charge is 2.36. The third kappa shape index (κ3) is 4.77. The van der Waals surface area contributed by atoms with Gasteiger partial charge in [-0.15, -0.1) is 0 Å². The first kappa shape index (κ1) is 21.7. The van der Waals surface area contributed by atoms with Crippen LogP contribution >= 0.6 is 23.4 Å². The molecule has 3 amide bonds. The fourth-order valence-electron chi connectivity index (χ4n) is 2.78. The van der Waals surface area contributed by atoms with E-state index in [1.807, 2.05) is 19.1 Å². The fourth-order valence-corrected chi connectivity index (χ4v) is 3.83. The zero-order chi connectivity index (χ0) is 21.8. The van der Waals surface area contributed by atoms with Gasteiger partial charge in [0.25, 0.3) is 11.1 Å². The van der Waals surface area contributed by atoms with Gasteiger partial charge in [-0.3, -0.25) is 19.3 Å². The number of benzene rings is 2. The van der Waals surface area contributed by atoms with Gasteiger partial charge in [-0.1, -0.05) is 29.8 Å². The molecule has 9 heteroatoms.